The molecular weight excluding hydrogens is 342 g/mol. The lowest BCUT2D eigenvalue weighted by Crippen LogP contribution is -2.32. The minimum absolute atomic E-state index is 0.203. The lowest BCUT2D eigenvalue weighted by atomic mass is 9.80. The second kappa shape index (κ2) is 7.18. The number of esters is 1. The molecule has 0 saturated carbocycles. The summed E-state index contributed by atoms with van der Waals surface area (Å²) >= 11 is 0. The number of allylic oxidation sites excluding steroid dienone is 2. The highest BCUT2D eigenvalue weighted by molar-refractivity contribution is 6.02. The molecule has 0 fully saturated rings. The Bertz CT molecular complexity index is 835. The van der Waals surface area contributed by atoms with E-state index in [0.717, 1.165) is 22.5 Å². The number of hydrogen-bond acceptors (Lipinski definition) is 6. The van der Waals surface area contributed by atoms with Gasteiger partial charge < -0.3 is 14.8 Å². The Hall–Kier alpha value is -2.63. The van der Waals surface area contributed by atoms with Gasteiger partial charge in [0.1, 0.15) is 6.61 Å². The van der Waals surface area contributed by atoms with E-state index in [4.69, 9.17) is 14.5 Å². The van der Waals surface area contributed by atoms with E-state index in [2.05, 4.69) is 10.3 Å². The third kappa shape index (κ3) is 3.89. The van der Waals surface area contributed by atoms with Gasteiger partial charge in [0.05, 0.1) is 23.1 Å². The summed E-state index contributed by atoms with van der Waals surface area (Å²) in [6, 6.07) is 3.83. The van der Waals surface area contributed by atoms with Crippen molar-refractivity contribution in [1.82, 2.24) is 10.3 Å². The highest BCUT2D eigenvalue weighted by Gasteiger charge is 2.40. The molecule has 6 heteroatoms. The van der Waals surface area contributed by atoms with E-state index in [-0.39, 0.29) is 23.5 Å². The minimum atomic E-state index is -0.334. The third-order valence-corrected chi connectivity index (χ3v) is 4.56. The summed E-state index contributed by atoms with van der Waals surface area (Å²) in [5.74, 6) is -0.0815. The molecule has 3 heterocycles. The van der Waals surface area contributed by atoms with Crippen molar-refractivity contribution in [2.45, 2.75) is 59.1 Å². The maximum absolute atomic E-state index is 13.0. The Morgan fingerprint density at radius 3 is 2.48 bits per heavy atom. The van der Waals surface area contributed by atoms with Crippen molar-refractivity contribution in [2.75, 3.05) is 6.61 Å². The monoisotopic (exact) mass is 369 g/mol. The van der Waals surface area contributed by atoms with E-state index in [1.54, 1.807) is 12.4 Å². The number of aliphatic imine (C=N–C) groups is 1. The van der Waals surface area contributed by atoms with E-state index in [1.165, 1.54) is 0 Å². The van der Waals surface area contributed by atoms with Crippen LogP contribution in [-0.2, 0) is 14.3 Å². The van der Waals surface area contributed by atoms with Gasteiger partial charge >= 0.3 is 5.97 Å². The minimum Gasteiger partial charge on any atom is -0.475 e. The summed E-state index contributed by atoms with van der Waals surface area (Å²) in [6.07, 6.45) is 3.25. The highest BCUT2D eigenvalue weighted by Crippen LogP contribution is 2.41. The number of rotatable bonds is 4. The predicted molar refractivity (Wildman–Crippen MR) is 104 cm³/mol. The van der Waals surface area contributed by atoms with E-state index < -0.39 is 0 Å². The molecule has 0 aliphatic carbocycles. The first-order valence-electron chi connectivity index (χ1n) is 9.22. The van der Waals surface area contributed by atoms with Crippen LogP contribution in [0.2, 0.25) is 0 Å². The molecule has 0 amide bonds. The molecule has 1 unspecified atom stereocenters. The van der Waals surface area contributed by atoms with Gasteiger partial charge in [-0.15, -0.1) is 0 Å². The van der Waals surface area contributed by atoms with Gasteiger partial charge in [-0.05, 0) is 59.2 Å². The molecule has 0 spiro atoms. The number of pyridine rings is 1. The second-order valence-electron chi connectivity index (χ2n) is 7.89. The van der Waals surface area contributed by atoms with Gasteiger partial charge in [0.25, 0.3) is 0 Å². The third-order valence-electron chi connectivity index (χ3n) is 4.56. The molecule has 2 aliphatic heterocycles. The molecule has 1 aromatic heterocycles. The molecule has 0 aromatic carbocycles. The molecule has 144 valence electrons. The molecule has 27 heavy (non-hydrogen) atoms. The molecule has 0 saturated heterocycles. The molecular formula is C21H27N3O3. The van der Waals surface area contributed by atoms with Crippen molar-refractivity contribution in [1.29, 1.82) is 0 Å². The summed E-state index contributed by atoms with van der Waals surface area (Å²) in [4.78, 5) is 21.8. The number of hydrogen-bond donors (Lipinski definition) is 1. The number of nitrogens with zero attached hydrogens (tertiary/aromatic N) is 2. The van der Waals surface area contributed by atoms with Crippen LogP contribution >= 0.6 is 0 Å². The van der Waals surface area contributed by atoms with Crippen molar-refractivity contribution < 1.29 is 14.3 Å². The van der Waals surface area contributed by atoms with Crippen LogP contribution in [0.15, 0.2) is 52.1 Å². The van der Waals surface area contributed by atoms with E-state index >= 15 is 0 Å². The maximum Gasteiger partial charge on any atom is 0.337 e. The first-order chi connectivity index (χ1) is 12.7. The lowest BCUT2D eigenvalue weighted by molar-refractivity contribution is -0.143. The number of aromatic nitrogens is 1. The van der Waals surface area contributed by atoms with Crippen molar-refractivity contribution >= 4 is 11.9 Å². The van der Waals surface area contributed by atoms with Crippen LogP contribution in [-0.4, -0.2) is 35.1 Å². The van der Waals surface area contributed by atoms with E-state index in [0.29, 0.717) is 18.1 Å². The average molecular weight is 369 g/mol. The lowest BCUT2D eigenvalue weighted by Gasteiger charge is -2.31. The standard InChI is InChI=1S/C21H27N3O3/c1-12(2)27-20(25)17-14(4)23-13(3)16(19-24-21(5,6)11-26-19)18(17)15-7-9-22-10-8-15/h7-10,12,18,23H,11H2,1-6H3. The second-order valence-corrected chi connectivity index (χ2v) is 7.89. The predicted octanol–water partition coefficient (Wildman–Crippen LogP) is 3.48. The van der Waals surface area contributed by atoms with E-state index in [9.17, 15) is 4.79 Å². The van der Waals surface area contributed by atoms with Crippen LogP contribution < -0.4 is 5.32 Å². The summed E-state index contributed by atoms with van der Waals surface area (Å²) in [5.41, 5.74) is 3.81. The van der Waals surface area contributed by atoms with Gasteiger partial charge in [0.2, 0.25) is 5.90 Å². The van der Waals surface area contributed by atoms with Crippen molar-refractivity contribution in [3.8, 4) is 0 Å². The van der Waals surface area contributed by atoms with Gasteiger partial charge in [0, 0.05) is 29.4 Å². The number of carbonyl (C=O) groups is 1. The zero-order valence-corrected chi connectivity index (χ0v) is 16.8. The zero-order chi connectivity index (χ0) is 19.8. The van der Waals surface area contributed by atoms with Crippen LogP contribution in [0.5, 0.6) is 0 Å². The first-order valence-corrected chi connectivity index (χ1v) is 9.22. The molecule has 2 aliphatic rings. The quantitative estimate of drug-likeness (QED) is 0.823. The van der Waals surface area contributed by atoms with Crippen LogP contribution in [0.4, 0.5) is 0 Å². The Morgan fingerprint density at radius 2 is 1.93 bits per heavy atom. The molecule has 0 radical (unpaired) electrons. The van der Waals surface area contributed by atoms with Gasteiger partial charge in [-0.25, -0.2) is 9.79 Å². The number of dihydropyridines is 1. The zero-order valence-electron chi connectivity index (χ0n) is 16.8. The molecule has 3 rings (SSSR count). The van der Waals surface area contributed by atoms with Crippen molar-refractivity contribution in [3.05, 3.63) is 52.6 Å². The van der Waals surface area contributed by atoms with Crippen molar-refractivity contribution in [3.63, 3.8) is 0 Å². The smallest absolute Gasteiger partial charge is 0.337 e. The van der Waals surface area contributed by atoms with Gasteiger partial charge in [-0.3, -0.25) is 4.98 Å². The van der Waals surface area contributed by atoms with E-state index in [1.807, 2.05) is 53.7 Å². The normalized spacial score (nSPS) is 21.7. The summed E-state index contributed by atoms with van der Waals surface area (Å²) in [7, 11) is 0. The average Bonchev–Trinajstić information content (AvgIpc) is 2.93. The van der Waals surface area contributed by atoms with Crippen LogP contribution in [0, 0.1) is 0 Å². The van der Waals surface area contributed by atoms with Crippen LogP contribution in [0.3, 0.4) is 0 Å². The summed E-state index contributed by atoms with van der Waals surface area (Å²) < 4.78 is 11.5. The Morgan fingerprint density at radius 1 is 1.26 bits per heavy atom. The Balaban J connectivity index is 2.14. The Kier molecular flexibility index (Phi) is 5.09. The maximum atomic E-state index is 13.0. The molecule has 6 nitrogen and oxygen atoms in total. The molecule has 1 atom stereocenters. The summed E-state index contributed by atoms with van der Waals surface area (Å²) in [6.45, 7) is 12.1. The van der Waals surface area contributed by atoms with Crippen molar-refractivity contribution in [2.24, 2.45) is 4.99 Å². The number of nitrogens with one attached hydrogen (secondary N) is 1. The summed E-state index contributed by atoms with van der Waals surface area (Å²) in [5, 5.41) is 3.32. The molecule has 1 aromatic rings. The topological polar surface area (TPSA) is 72.8 Å². The Labute approximate surface area is 160 Å². The van der Waals surface area contributed by atoms with Gasteiger partial charge in [0.15, 0.2) is 0 Å². The van der Waals surface area contributed by atoms with Crippen LogP contribution in [0.1, 0.15) is 53.0 Å². The molecule has 1 N–H and O–H groups in total. The number of carbonyl (C=O) groups excluding carboxylic acids is 1. The fourth-order valence-electron chi connectivity index (χ4n) is 3.44. The van der Waals surface area contributed by atoms with Crippen LogP contribution in [0.25, 0.3) is 0 Å². The van der Waals surface area contributed by atoms with Gasteiger partial charge in [-0.2, -0.15) is 0 Å². The van der Waals surface area contributed by atoms with Gasteiger partial charge in [-0.1, -0.05) is 0 Å². The largest absolute Gasteiger partial charge is 0.475 e. The number of ether oxygens (including phenoxy) is 2. The first kappa shape index (κ1) is 19.1. The highest BCUT2D eigenvalue weighted by atomic mass is 16.5. The molecule has 0 bridgehead atoms. The fourth-order valence-corrected chi connectivity index (χ4v) is 3.44. The fraction of sp³-hybridized carbons (Fsp3) is 0.476. The SMILES string of the molecule is CC1=C(C(=O)OC(C)C)C(c2ccncc2)C(C2=NC(C)(C)CO2)=C(C)N1.